The van der Waals surface area contributed by atoms with Crippen molar-refractivity contribution in [1.82, 2.24) is 15.2 Å². The van der Waals surface area contributed by atoms with Crippen LogP contribution < -0.4 is 5.32 Å². The minimum atomic E-state index is 0.926. The second-order valence-electron chi connectivity index (χ2n) is 4.13. The Hall–Kier alpha value is -0.270. The van der Waals surface area contributed by atoms with Crippen LogP contribution in [0.3, 0.4) is 0 Å². The maximum Gasteiger partial charge on any atom is 0.0795 e. The predicted octanol–water partition coefficient (Wildman–Crippen LogP) is 3.19. The third-order valence-electron chi connectivity index (χ3n) is 2.51. The SMILES string of the molecule is CN(CCNCc1cc(Br)cs1)Cc1cscn1. The van der Waals surface area contributed by atoms with Gasteiger partial charge in [-0.15, -0.1) is 22.7 Å². The Balaban J connectivity index is 1.60. The lowest BCUT2D eigenvalue weighted by Gasteiger charge is -2.15. The molecule has 0 radical (unpaired) electrons. The summed E-state index contributed by atoms with van der Waals surface area (Å²) in [6.45, 7) is 3.90. The second kappa shape index (κ2) is 7.35. The molecule has 0 fully saturated rings. The molecular formula is C12H16BrN3S2. The van der Waals surface area contributed by atoms with Gasteiger partial charge < -0.3 is 5.32 Å². The average Bonchev–Trinajstić information content (AvgIpc) is 2.96. The van der Waals surface area contributed by atoms with Crippen molar-refractivity contribution in [2.24, 2.45) is 0 Å². The molecule has 0 unspecified atom stereocenters. The molecule has 0 atom stereocenters. The van der Waals surface area contributed by atoms with Crippen molar-refractivity contribution in [2.75, 3.05) is 20.1 Å². The minimum Gasteiger partial charge on any atom is -0.311 e. The maximum atomic E-state index is 4.29. The zero-order chi connectivity index (χ0) is 12.8. The third kappa shape index (κ3) is 4.78. The zero-order valence-electron chi connectivity index (χ0n) is 10.2. The molecule has 98 valence electrons. The van der Waals surface area contributed by atoms with E-state index >= 15 is 0 Å². The summed E-state index contributed by atoms with van der Waals surface area (Å²) in [5.74, 6) is 0. The van der Waals surface area contributed by atoms with E-state index in [1.54, 1.807) is 22.7 Å². The molecular weight excluding hydrogens is 330 g/mol. The van der Waals surface area contributed by atoms with Gasteiger partial charge in [0.15, 0.2) is 0 Å². The van der Waals surface area contributed by atoms with Crippen molar-refractivity contribution in [3.05, 3.63) is 37.4 Å². The van der Waals surface area contributed by atoms with Gasteiger partial charge in [0.25, 0.3) is 0 Å². The van der Waals surface area contributed by atoms with Gasteiger partial charge in [0, 0.05) is 46.3 Å². The van der Waals surface area contributed by atoms with Crippen molar-refractivity contribution in [1.29, 1.82) is 0 Å². The average molecular weight is 346 g/mol. The summed E-state index contributed by atoms with van der Waals surface area (Å²) in [6, 6.07) is 2.16. The fourth-order valence-corrected chi connectivity index (χ4v) is 3.57. The van der Waals surface area contributed by atoms with Gasteiger partial charge in [0.05, 0.1) is 11.2 Å². The first-order valence-corrected chi connectivity index (χ1v) is 8.35. The van der Waals surface area contributed by atoms with Crippen molar-refractivity contribution in [3.8, 4) is 0 Å². The highest BCUT2D eigenvalue weighted by Gasteiger charge is 2.02. The molecule has 6 heteroatoms. The standard InChI is InChI=1S/C12H16BrN3S2/c1-16(6-11-8-17-9-15-11)3-2-14-5-12-4-10(13)7-18-12/h4,7-9,14H,2-3,5-6H2,1H3. The van der Waals surface area contributed by atoms with E-state index in [2.05, 4.69) is 55.0 Å². The van der Waals surface area contributed by atoms with Gasteiger partial charge >= 0.3 is 0 Å². The number of hydrogen-bond acceptors (Lipinski definition) is 5. The number of hydrogen-bond donors (Lipinski definition) is 1. The van der Waals surface area contributed by atoms with Crippen LogP contribution in [0, 0.1) is 0 Å². The summed E-state index contributed by atoms with van der Waals surface area (Å²) in [4.78, 5) is 7.94. The molecule has 0 aliphatic carbocycles. The number of aromatic nitrogens is 1. The first kappa shape index (κ1) is 14.1. The van der Waals surface area contributed by atoms with Gasteiger partial charge in [-0.25, -0.2) is 4.98 Å². The Kier molecular flexibility index (Phi) is 5.78. The van der Waals surface area contributed by atoms with Crippen molar-refractivity contribution < 1.29 is 0 Å². The van der Waals surface area contributed by atoms with Crippen LogP contribution in [0.4, 0.5) is 0 Å². The van der Waals surface area contributed by atoms with E-state index in [0.717, 1.165) is 31.9 Å². The van der Waals surface area contributed by atoms with E-state index in [-0.39, 0.29) is 0 Å². The van der Waals surface area contributed by atoms with Crippen LogP contribution in [0.5, 0.6) is 0 Å². The first-order valence-electron chi connectivity index (χ1n) is 5.73. The lowest BCUT2D eigenvalue weighted by atomic mass is 10.4. The Morgan fingerprint density at radius 3 is 3.00 bits per heavy atom. The Morgan fingerprint density at radius 1 is 1.44 bits per heavy atom. The molecule has 0 aliphatic rings. The van der Waals surface area contributed by atoms with Crippen LogP contribution in [0.15, 0.2) is 26.8 Å². The number of nitrogens with zero attached hydrogens (tertiary/aromatic N) is 2. The van der Waals surface area contributed by atoms with E-state index in [1.165, 1.54) is 9.35 Å². The third-order valence-corrected chi connectivity index (χ3v) is 4.84. The molecule has 18 heavy (non-hydrogen) atoms. The van der Waals surface area contributed by atoms with Gasteiger partial charge in [-0.1, -0.05) is 0 Å². The number of likely N-dealkylation sites (N-methyl/N-ethyl adjacent to an activating group) is 1. The molecule has 1 N–H and O–H groups in total. The molecule has 0 saturated heterocycles. The highest BCUT2D eigenvalue weighted by molar-refractivity contribution is 9.10. The molecule has 2 heterocycles. The quantitative estimate of drug-likeness (QED) is 0.781. The molecule has 2 aromatic rings. The maximum absolute atomic E-state index is 4.29. The van der Waals surface area contributed by atoms with E-state index in [9.17, 15) is 0 Å². The van der Waals surface area contributed by atoms with Gasteiger partial charge in [-0.2, -0.15) is 0 Å². The van der Waals surface area contributed by atoms with E-state index in [4.69, 9.17) is 0 Å². The molecule has 0 aromatic carbocycles. The van der Waals surface area contributed by atoms with Crippen molar-refractivity contribution >= 4 is 38.6 Å². The summed E-state index contributed by atoms with van der Waals surface area (Å²) in [6.07, 6.45) is 0. The Bertz CT molecular complexity index is 456. The van der Waals surface area contributed by atoms with Crippen molar-refractivity contribution in [2.45, 2.75) is 13.1 Å². The fourth-order valence-electron chi connectivity index (χ4n) is 1.60. The second-order valence-corrected chi connectivity index (χ2v) is 6.76. The van der Waals surface area contributed by atoms with Crippen LogP contribution in [0.2, 0.25) is 0 Å². The van der Waals surface area contributed by atoms with Crippen LogP contribution in [-0.2, 0) is 13.1 Å². The first-order chi connectivity index (χ1) is 8.74. The van der Waals surface area contributed by atoms with Crippen LogP contribution in [0.25, 0.3) is 0 Å². The van der Waals surface area contributed by atoms with E-state index in [0.29, 0.717) is 0 Å². The van der Waals surface area contributed by atoms with Crippen LogP contribution in [0.1, 0.15) is 10.6 Å². The molecule has 3 nitrogen and oxygen atoms in total. The molecule has 0 saturated carbocycles. The summed E-state index contributed by atoms with van der Waals surface area (Å²) >= 11 is 6.90. The predicted molar refractivity (Wildman–Crippen MR) is 82.2 cm³/mol. The number of nitrogens with one attached hydrogen (secondary N) is 1. The monoisotopic (exact) mass is 345 g/mol. The van der Waals surface area contributed by atoms with Gasteiger partial charge in [-0.05, 0) is 29.0 Å². The van der Waals surface area contributed by atoms with Gasteiger partial charge in [-0.3, -0.25) is 4.90 Å². The highest BCUT2D eigenvalue weighted by atomic mass is 79.9. The largest absolute Gasteiger partial charge is 0.311 e. The molecule has 0 amide bonds. The molecule has 0 bridgehead atoms. The van der Waals surface area contributed by atoms with Crippen LogP contribution in [-0.4, -0.2) is 30.0 Å². The smallest absolute Gasteiger partial charge is 0.0795 e. The Labute approximate surface area is 124 Å². The summed E-state index contributed by atoms with van der Waals surface area (Å²) in [5.41, 5.74) is 3.04. The van der Waals surface area contributed by atoms with Crippen molar-refractivity contribution in [3.63, 3.8) is 0 Å². The zero-order valence-corrected chi connectivity index (χ0v) is 13.4. The molecule has 0 spiro atoms. The molecule has 2 aromatic heterocycles. The van der Waals surface area contributed by atoms with Crippen LogP contribution >= 0.6 is 38.6 Å². The van der Waals surface area contributed by atoms with Gasteiger partial charge in [0.2, 0.25) is 0 Å². The number of rotatable bonds is 7. The summed E-state index contributed by atoms with van der Waals surface area (Å²) in [5, 5.41) is 7.68. The minimum absolute atomic E-state index is 0.926. The lowest BCUT2D eigenvalue weighted by Crippen LogP contribution is -2.28. The normalized spacial score (nSPS) is 11.3. The topological polar surface area (TPSA) is 28.2 Å². The number of halogens is 1. The lowest BCUT2D eigenvalue weighted by molar-refractivity contribution is 0.321. The summed E-state index contributed by atoms with van der Waals surface area (Å²) < 4.78 is 1.17. The summed E-state index contributed by atoms with van der Waals surface area (Å²) in [7, 11) is 2.13. The van der Waals surface area contributed by atoms with E-state index < -0.39 is 0 Å². The Morgan fingerprint density at radius 2 is 2.33 bits per heavy atom. The number of thiazole rings is 1. The van der Waals surface area contributed by atoms with E-state index in [1.807, 2.05) is 5.51 Å². The highest BCUT2D eigenvalue weighted by Crippen LogP contribution is 2.19. The molecule has 2 rings (SSSR count). The fraction of sp³-hybridized carbons (Fsp3) is 0.417. The number of thiophene rings is 1. The van der Waals surface area contributed by atoms with Gasteiger partial charge in [0.1, 0.15) is 0 Å². The molecule has 0 aliphatic heterocycles.